The first kappa shape index (κ1) is 14.3. The lowest BCUT2D eigenvalue weighted by molar-refractivity contribution is 0.227. The van der Waals surface area contributed by atoms with E-state index in [2.05, 4.69) is 43.0 Å². The van der Waals surface area contributed by atoms with Gasteiger partial charge in [-0.05, 0) is 31.4 Å². The topological polar surface area (TPSA) is 45.2 Å². The molecule has 124 valence electrons. The zero-order valence-corrected chi connectivity index (χ0v) is 13.9. The molecule has 2 aliphatic heterocycles. The third-order valence-corrected chi connectivity index (χ3v) is 5.94. The molecule has 1 aliphatic carbocycles. The summed E-state index contributed by atoms with van der Waals surface area (Å²) in [5.74, 6) is 1.81. The molecule has 2 atom stereocenters. The minimum Gasteiger partial charge on any atom is -0.351 e. The third kappa shape index (κ3) is 2.47. The maximum absolute atomic E-state index is 4.57. The molecular weight excluding hydrogens is 298 g/mol. The summed E-state index contributed by atoms with van der Waals surface area (Å²) in [6.45, 7) is 3.16. The van der Waals surface area contributed by atoms with Gasteiger partial charge in [-0.2, -0.15) is 0 Å². The predicted molar refractivity (Wildman–Crippen MR) is 92.8 cm³/mol. The van der Waals surface area contributed by atoms with Crippen molar-refractivity contribution in [3.63, 3.8) is 0 Å². The largest absolute Gasteiger partial charge is 0.351 e. The van der Waals surface area contributed by atoms with Crippen molar-refractivity contribution in [2.45, 2.75) is 50.2 Å². The highest BCUT2D eigenvalue weighted by atomic mass is 15.4. The molecule has 0 aromatic carbocycles. The summed E-state index contributed by atoms with van der Waals surface area (Å²) in [4.78, 5) is 18.6. The lowest BCUT2D eigenvalue weighted by atomic mass is 9.83. The van der Waals surface area contributed by atoms with Crippen LogP contribution in [0.5, 0.6) is 0 Å². The number of anilines is 1. The maximum Gasteiger partial charge on any atom is 0.132 e. The number of aromatic nitrogens is 3. The number of pyridine rings is 1. The van der Waals surface area contributed by atoms with Crippen LogP contribution in [-0.4, -0.2) is 45.0 Å². The molecule has 4 heterocycles. The standard InChI is InChI=1S/C19H23N5/c1-2-7-20-15(6-1)10-23-11-17-8-16(23)12-24(17)19-9-18(21-13-22-19)14-4-3-5-14/h1-2,6-7,9,13-14,16-17H,3-5,8,10-12H2. The van der Waals surface area contributed by atoms with E-state index >= 15 is 0 Å². The van der Waals surface area contributed by atoms with E-state index in [1.807, 2.05) is 12.3 Å². The Morgan fingerprint density at radius 2 is 2.00 bits per heavy atom. The van der Waals surface area contributed by atoms with E-state index in [0.717, 1.165) is 25.5 Å². The molecule has 2 unspecified atom stereocenters. The monoisotopic (exact) mass is 321 g/mol. The van der Waals surface area contributed by atoms with E-state index in [1.54, 1.807) is 6.33 Å². The SMILES string of the molecule is c1ccc(CN2CC3CC2CN3c2cc(C3CCC3)ncn2)nc1. The van der Waals surface area contributed by atoms with Gasteiger partial charge in [0.15, 0.2) is 0 Å². The molecule has 3 fully saturated rings. The minimum absolute atomic E-state index is 0.586. The van der Waals surface area contributed by atoms with Gasteiger partial charge >= 0.3 is 0 Å². The maximum atomic E-state index is 4.57. The normalized spacial score (nSPS) is 26.8. The quantitative estimate of drug-likeness (QED) is 0.866. The van der Waals surface area contributed by atoms with Gasteiger partial charge in [0, 0.05) is 55.6 Å². The van der Waals surface area contributed by atoms with E-state index in [-0.39, 0.29) is 0 Å². The Kier molecular flexibility index (Phi) is 3.47. The Balaban J connectivity index is 1.28. The summed E-state index contributed by atoms with van der Waals surface area (Å²) >= 11 is 0. The second kappa shape index (κ2) is 5.81. The zero-order valence-electron chi connectivity index (χ0n) is 13.9. The Morgan fingerprint density at radius 1 is 1.04 bits per heavy atom. The molecule has 0 radical (unpaired) electrons. The Morgan fingerprint density at radius 3 is 2.71 bits per heavy atom. The van der Waals surface area contributed by atoms with Crippen LogP contribution in [0.15, 0.2) is 36.8 Å². The summed E-state index contributed by atoms with van der Waals surface area (Å²) in [5.41, 5.74) is 2.42. The van der Waals surface area contributed by atoms with Gasteiger partial charge in [0.05, 0.1) is 5.69 Å². The molecule has 0 amide bonds. The van der Waals surface area contributed by atoms with Gasteiger partial charge in [-0.1, -0.05) is 12.5 Å². The van der Waals surface area contributed by atoms with Crippen molar-refractivity contribution < 1.29 is 0 Å². The van der Waals surface area contributed by atoms with E-state index in [4.69, 9.17) is 0 Å². The number of piperazine rings is 1. The van der Waals surface area contributed by atoms with Crippen LogP contribution in [0.3, 0.4) is 0 Å². The number of nitrogens with zero attached hydrogens (tertiary/aromatic N) is 5. The van der Waals surface area contributed by atoms with Gasteiger partial charge in [-0.15, -0.1) is 0 Å². The zero-order chi connectivity index (χ0) is 15.9. The van der Waals surface area contributed by atoms with Crippen LogP contribution in [-0.2, 0) is 6.54 Å². The molecule has 0 spiro atoms. The van der Waals surface area contributed by atoms with Crippen LogP contribution >= 0.6 is 0 Å². The van der Waals surface area contributed by atoms with Gasteiger partial charge in [-0.3, -0.25) is 9.88 Å². The lowest BCUT2D eigenvalue weighted by Crippen LogP contribution is -2.46. The molecule has 3 aliphatic rings. The highest BCUT2D eigenvalue weighted by molar-refractivity contribution is 5.44. The smallest absolute Gasteiger partial charge is 0.132 e. The minimum atomic E-state index is 0.586. The summed E-state index contributed by atoms with van der Waals surface area (Å²) in [6, 6.07) is 9.64. The van der Waals surface area contributed by atoms with Gasteiger partial charge in [-0.25, -0.2) is 9.97 Å². The van der Waals surface area contributed by atoms with Crippen molar-refractivity contribution >= 4 is 5.82 Å². The Bertz CT molecular complexity index is 715. The van der Waals surface area contributed by atoms with Gasteiger partial charge in [0.25, 0.3) is 0 Å². The molecule has 2 aromatic rings. The van der Waals surface area contributed by atoms with Crippen LogP contribution in [0, 0.1) is 0 Å². The fourth-order valence-electron chi connectivity index (χ4n) is 4.37. The molecule has 2 aromatic heterocycles. The molecule has 5 rings (SSSR count). The van der Waals surface area contributed by atoms with Crippen molar-refractivity contribution in [2.75, 3.05) is 18.0 Å². The second-order valence-corrected chi connectivity index (χ2v) is 7.38. The van der Waals surface area contributed by atoms with Crippen molar-refractivity contribution in [2.24, 2.45) is 0 Å². The molecule has 0 N–H and O–H groups in total. The summed E-state index contributed by atoms with van der Waals surface area (Å²) in [6.07, 6.45) is 8.83. The summed E-state index contributed by atoms with van der Waals surface area (Å²) in [7, 11) is 0. The average Bonchev–Trinajstić information content (AvgIpc) is 3.15. The number of fused-ring (bicyclic) bond motifs is 2. The first-order valence-electron chi connectivity index (χ1n) is 9.09. The second-order valence-electron chi connectivity index (χ2n) is 7.38. The van der Waals surface area contributed by atoms with E-state index in [0.29, 0.717) is 18.0 Å². The first-order chi connectivity index (χ1) is 11.9. The number of hydrogen-bond acceptors (Lipinski definition) is 5. The van der Waals surface area contributed by atoms with Crippen LogP contribution < -0.4 is 4.90 Å². The van der Waals surface area contributed by atoms with Gasteiger partial charge in [0.1, 0.15) is 12.1 Å². The van der Waals surface area contributed by atoms with Crippen LogP contribution in [0.2, 0.25) is 0 Å². The average molecular weight is 321 g/mol. The van der Waals surface area contributed by atoms with Crippen molar-refractivity contribution in [3.05, 3.63) is 48.2 Å². The fourth-order valence-corrected chi connectivity index (χ4v) is 4.37. The molecule has 1 saturated carbocycles. The van der Waals surface area contributed by atoms with Crippen molar-refractivity contribution in [3.8, 4) is 0 Å². The molecule has 24 heavy (non-hydrogen) atoms. The van der Waals surface area contributed by atoms with E-state index < -0.39 is 0 Å². The van der Waals surface area contributed by atoms with Crippen LogP contribution in [0.25, 0.3) is 0 Å². The summed E-state index contributed by atoms with van der Waals surface area (Å²) in [5, 5.41) is 0. The van der Waals surface area contributed by atoms with Gasteiger partial charge in [0.2, 0.25) is 0 Å². The molecule has 5 nitrogen and oxygen atoms in total. The van der Waals surface area contributed by atoms with Gasteiger partial charge < -0.3 is 4.90 Å². The third-order valence-electron chi connectivity index (χ3n) is 5.94. The first-order valence-corrected chi connectivity index (χ1v) is 9.09. The van der Waals surface area contributed by atoms with Crippen molar-refractivity contribution in [1.29, 1.82) is 0 Å². The van der Waals surface area contributed by atoms with E-state index in [1.165, 1.54) is 37.1 Å². The van der Waals surface area contributed by atoms with E-state index in [9.17, 15) is 0 Å². The Labute approximate surface area is 142 Å². The number of hydrogen-bond donors (Lipinski definition) is 0. The van der Waals surface area contributed by atoms with Crippen molar-refractivity contribution in [1.82, 2.24) is 19.9 Å². The molecule has 2 saturated heterocycles. The number of rotatable bonds is 4. The fraction of sp³-hybridized carbons (Fsp3) is 0.526. The molecule has 5 heteroatoms. The molecule has 2 bridgehead atoms. The Hall–Kier alpha value is -2.01. The van der Waals surface area contributed by atoms with Crippen LogP contribution in [0.4, 0.5) is 5.82 Å². The predicted octanol–water partition coefficient (Wildman–Crippen LogP) is 2.60. The van der Waals surface area contributed by atoms with Crippen LogP contribution in [0.1, 0.15) is 43.0 Å². The highest BCUT2D eigenvalue weighted by Crippen LogP contribution is 2.38. The molecular formula is C19H23N5. The number of likely N-dealkylation sites (tertiary alicyclic amines) is 1. The lowest BCUT2D eigenvalue weighted by Gasteiger charge is -2.35. The summed E-state index contributed by atoms with van der Waals surface area (Å²) < 4.78 is 0. The highest BCUT2D eigenvalue weighted by Gasteiger charge is 2.43.